The van der Waals surface area contributed by atoms with Crippen LogP contribution in [0, 0.1) is 0 Å². The van der Waals surface area contributed by atoms with E-state index in [1.165, 1.54) is 77.0 Å². The molecule has 0 spiro atoms. The van der Waals surface area contributed by atoms with Crippen LogP contribution in [-0.2, 0) is 0 Å². The molecular weight excluding hydrogens is 270 g/mol. The molecule has 134 valence electrons. The van der Waals surface area contributed by atoms with Gasteiger partial charge in [0.05, 0.1) is 5.82 Å². The number of allylic oxidation sites excluding steroid dienone is 1. The molecule has 0 aromatic carbocycles. The molecule has 0 heterocycles. The molecule has 3 heteroatoms. The highest BCUT2D eigenvalue weighted by molar-refractivity contribution is 5.02. The molecule has 0 bridgehead atoms. The van der Waals surface area contributed by atoms with E-state index in [2.05, 4.69) is 6.92 Å². The summed E-state index contributed by atoms with van der Waals surface area (Å²) in [7, 11) is 0. The SMILES string of the molecule is CCC(C)=C(N)N.CCCCCCCCCCCCCCN. The molecule has 0 atom stereocenters. The van der Waals surface area contributed by atoms with Crippen LogP contribution in [0.2, 0.25) is 0 Å². The van der Waals surface area contributed by atoms with E-state index in [4.69, 9.17) is 17.2 Å². The maximum Gasteiger partial charge on any atom is 0.0922 e. The lowest BCUT2D eigenvalue weighted by molar-refractivity contribution is 0.545. The second-order valence-corrected chi connectivity index (χ2v) is 6.27. The van der Waals surface area contributed by atoms with Gasteiger partial charge >= 0.3 is 0 Å². The third kappa shape index (κ3) is 21.6. The van der Waals surface area contributed by atoms with Crippen molar-refractivity contribution in [2.24, 2.45) is 17.2 Å². The third-order valence-corrected chi connectivity index (χ3v) is 4.08. The summed E-state index contributed by atoms with van der Waals surface area (Å²) in [6, 6.07) is 0. The Morgan fingerprint density at radius 1 is 0.636 bits per heavy atom. The Labute approximate surface area is 140 Å². The maximum absolute atomic E-state index is 5.45. The summed E-state index contributed by atoms with van der Waals surface area (Å²) in [5.74, 6) is 0.461. The van der Waals surface area contributed by atoms with Crippen LogP contribution in [0.4, 0.5) is 0 Å². The number of nitrogens with two attached hydrogens (primary N) is 3. The van der Waals surface area contributed by atoms with E-state index in [0.717, 1.165) is 18.5 Å². The van der Waals surface area contributed by atoms with Crippen LogP contribution in [-0.4, -0.2) is 6.54 Å². The van der Waals surface area contributed by atoms with E-state index in [0.29, 0.717) is 5.82 Å². The molecule has 0 aliphatic carbocycles. The first-order valence-corrected chi connectivity index (χ1v) is 9.50. The minimum atomic E-state index is 0.461. The van der Waals surface area contributed by atoms with Crippen molar-refractivity contribution >= 4 is 0 Å². The predicted molar refractivity (Wildman–Crippen MR) is 101 cm³/mol. The molecular formula is C19H43N3. The van der Waals surface area contributed by atoms with Gasteiger partial charge in [-0.3, -0.25) is 0 Å². The number of hydrogen-bond donors (Lipinski definition) is 3. The first kappa shape index (κ1) is 23.6. The number of rotatable bonds is 13. The van der Waals surface area contributed by atoms with Crippen molar-refractivity contribution in [2.75, 3.05) is 6.54 Å². The molecule has 0 aromatic heterocycles. The van der Waals surface area contributed by atoms with Gasteiger partial charge in [-0.05, 0) is 31.9 Å². The lowest BCUT2D eigenvalue weighted by Crippen LogP contribution is -2.10. The molecule has 0 saturated carbocycles. The van der Waals surface area contributed by atoms with Crippen LogP contribution in [0.3, 0.4) is 0 Å². The summed E-state index contributed by atoms with van der Waals surface area (Å²) >= 11 is 0. The van der Waals surface area contributed by atoms with Crippen molar-refractivity contribution in [3.63, 3.8) is 0 Å². The third-order valence-electron chi connectivity index (χ3n) is 4.08. The van der Waals surface area contributed by atoms with E-state index in [1.807, 2.05) is 13.8 Å². The molecule has 6 N–H and O–H groups in total. The fraction of sp³-hybridized carbons (Fsp3) is 0.895. The van der Waals surface area contributed by atoms with Crippen LogP contribution in [0.15, 0.2) is 11.4 Å². The Bertz CT molecular complexity index is 221. The Morgan fingerprint density at radius 2 is 1.00 bits per heavy atom. The molecule has 0 fully saturated rings. The molecule has 3 nitrogen and oxygen atoms in total. The Balaban J connectivity index is 0. The van der Waals surface area contributed by atoms with Gasteiger partial charge in [0.25, 0.3) is 0 Å². The fourth-order valence-electron chi connectivity index (χ4n) is 2.19. The molecule has 0 rings (SSSR count). The van der Waals surface area contributed by atoms with Crippen molar-refractivity contribution in [3.8, 4) is 0 Å². The fourth-order valence-corrected chi connectivity index (χ4v) is 2.19. The zero-order valence-corrected chi connectivity index (χ0v) is 15.6. The van der Waals surface area contributed by atoms with Crippen molar-refractivity contribution < 1.29 is 0 Å². The molecule has 0 amide bonds. The maximum atomic E-state index is 5.45. The van der Waals surface area contributed by atoms with Gasteiger partial charge in [-0.25, -0.2) is 0 Å². The highest BCUT2D eigenvalue weighted by atomic mass is 14.8. The average molecular weight is 314 g/mol. The van der Waals surface area contributed by atoms with Gasteiger partial charge in [-0.2, -0.15) is 0 Å². The summed E-state index contributed by atoms with van der Waals surface area (Å²) in [6.45, 7) is 7.10. The lowest BCUT2D eigenvalue weighted by atomic mass is 10.1. The summed E-state index contributed by atoms with van der Waals surface area (Å²) < 4.78 is 0. The van der Waals surface area contributed by atoms with Crippen LogP contribution in [0.25, 0.3) is 0 Å². The molecule has 22 heavy (non-hydrogen) atoms. The highest BCUT2D eigenvalue weighted by Crippen LogP contribution is 2.11. The molecule has 0 radical (unpaired) electrons. The highest BCUT2D eigenvalue weighted by Gasteiger charge is 1.92. The molecule has 0 aliphatic rings. The van der Waals surface area contributed by atoms with Crippen LogP contribution in [0.1, 0.15) is 104 Å². The van der Waals surface area contributed by atoms with Crippen LogP contribution < -0.4 is 17.2 Å². The molecule has 0 aromatic rings. The summed E-state index contributed by atoms with van der Waals surface area (Å²) in [5, 5.41) is 0. The van der Waals surface area contributed by atoms with Gasteiger partial charge in [0.1, 0.15) is 0 Å². The molecule has 0 aliphatic heterocycles. The van der Waals surface area contributed by atoms with Crippen LogP contribution >= 0.6 is 0 Å². The van der Waals surface area contributed by atoms with Crippen molar-refractivity contribution in [2.45, 2.75) is 104 Å². The van der Waals surface area contributed by atoms with E-state index >= 15 is 0 Å². The second kappa shape index (κ2) is 20.3. The minimum absolute atomic E-state index is 0.461. The van der Waals surface area contributed by atoms with E-state index in [-0.39, 0.29) is 0 Å². The summed E-state index contributed by atoms with van der Waals surface area (Å²) in [6.07, 6.45) is 17.8. The second-order valence-electron chi connectivity index (χ2n) is 6.27. The van der Waals surface area contributed by atoms with Gasteiger partial charge in [0.2, 0.25) is 0 Å². The average Bonchev–Trinajstić information content (AvgIpc) is 2.52. The normalized spacial score (nSPS) is 10.0. The standard InChI is InChI=1S/C14H31N.C5H12N2/c1-2-3-4-5-6-7-8-9-10-11-12-13-14-15;1-3-4(2)5(6)7/h2-15H2,1H3;3,6-7H2,1-2H3. The minimum Gasteiger partial charge on any atom is -0.386 e. The van der Waals surface area contributed by atoms with Gasteiger partial charge in [-0.1, -0.05) is 84.5 Å². The first-order chi connectivity index (χ1) is 10.6. The summed E-state index contributed by atoms with van der Waals surface area (Å²) in [4.78, 5) is 0. The monoisotopic (exact) mass is 313 g/mol. The predicted octanol–water partition coefficient (Wildman–Crippen LogP) is 5.19. The van der Waals surface area contributed by atoms with E-state index in [1.54, 1.807) is 0 Å². The van der Waals surface area contributed by atoms with Crippen molar-refractivity contribution in [1.82, 2.24) is 0 Å². The zero-order valence-electron chi connectivity index (χ0n) is 15.6. The van der Waals surface area contributed by atoms with Gasteiger partial charge < -0.3 is 17.2 Å². The first-order valence-electron chi connectivity index (χ1n) is 9.50. The van der Waals surface area contributed by atoms with Crippen molar-refractivity contribution in [3.05, 3.63) is 11.4 Å². The Hall–Kier alpha value is -0.700. The molecule has 0 unspecified atom stereocenters. The van der Waals surface area contributed by atoms with Gasteiger partial charge in [-0.15, -0.1) is 0 Å². The van der Waals surface area contributed by atoms with E-state index in [9.17, 15) is 0 Å². The van der Waals surface area contributed by atoms with Crippen molar-refractivity contribution in [1.29, 1.82) is 0 Å². The quantitative estimate of drug-likeness (QED) is 0.409. The lowest BCUT2D eigenvalue weighted by Gasteiger charge is -2.01. The van der Waals surface area contributed by atoms with Crippen LogP contribution in [0.5, 0.6) is 0 Å². The molecule has 0 saturated heterocycles. The smallest absolute Gasteiger partial charge is 0.0922 e. The Kier molecular flexibility index (Phi) is 21.7. The number of hydrogen-bond acceptors (Lipinski definition) is 3. The largest absolute Gasteiger partial charge is 0.386 e. The van der Waals surface area contributed by atoms with Gasteiger partial charge in [0.15, 0.2) is 0 Å². The number of unbranched alkanes of at least 4 members (excludes halogenated alkanes) is 11. The van der Waals surface area contributed by atoms with Gasteiger partial charge in [0, 0.05) is 0 Å². The zero-order chi connectivity index (χ0) is 17.1. The van der Waals surface area contributed by atoms with E-state index < -0.39 is 0 Å². The summed E-state index contributed by atoms with van der Waals surface area (Å²) in [5.41, 5.74) is 16.9. The topological polar surface area (TPSA) is 78.1 Å². The Morgan fingerprint density at radius 3 is 1.23 bits per heavy atom.